The minimum Gasteiger partial charge on any atom is -0.493 e. The number of hydrogen-bond acceptors (Lipinski definition) is 4. The van der Waals surface area contributed by atoms with Crippen molar-refractivity contribution in [1.82, 2.24) is 0 Å². The van der Waals surface area contributed by atoms with Gasteiger partial charge in [0.2, 0.25) is 0 Å². The molecule has 0 aliphatic heterocycles. The highest BCUT2D eigenvalue weighted by Gasteiger charge is 2.26. The third-order valence-electron chi connectivity index (χ3n) is 6.93. The Morgan fingerprint density at radius 1 is 0.800 bits per heavy atom. The standard InChI is InChI=1S/C31H36O4/c1-2-3-4-5-6-7-10-22-34-29-21-20-28(26-14-8-9-15-27(26)29)31(33)35-25-18-16-24(17-19-25)30(32)23-12-11-13-23/h8-9,14-21,23H,2-7,10-13,22H2,1H3. The van der Waals surface area contributed by atoms with Crippen molar-refractivity contribution in [1.29, 1.82) is 0 Å². The molecule has 1 saturated carbocycles. The zero-order chi connectivity index (χ0) is 24.5. The van der Waals surface area contributed by atoms with Crippen LogP contribution in [0.2, 0.25) is 0 Å². The Labute approximate surface area is 208 Å². The predicted molar refractivity (Wildman–Crippen MR) is 141 cm³/mol. The maximum Gasteiger partial charge on any atom is 0.344 e. The molecule has 0 aromatic heterocycles. The smallest absolute Gasteiger partial charge is 0.344 e. The molecule has 35 heavy (non-hydrogen) atoms. The topological polar surface area (TPSA) is 52.6 Å². The van der Waals surface area contributed by atoms with Gasteiger partial charge in [-0.15, -0.1) is 0 Å². The molecule has 1 aliphatic rings. The molecule has 4 rings (SSSR count). The fourth-order valence-corrected chi connectivity index (χ4v) is 4.57. The van der Waals surface area contributed by atoms with Crippen LogP contribution in [0.4, 0.5) is 0 Å². The van der Waals surface area contributed by atoms with Crippen molar-refractivity contribution in [2.75, 3.05) is 6.61 Å². The second-order valence-electron chi connectivity index (χ2n) is 9.53. The first-order valence-electron chi connectivity index (χ1n) is 13.2. The molecule has 3 aromatic carbocycles. The van der Waals surface area contributed by atoms with Gasteiger partial charge in [0.05, 0.1) is 12.2 Å². The summed E-state index contributed by atoms with van der Waals surface area (Å²) in [6, 6.07) is 18.3. The number of ether oxygens (including phenoxy) is 2. The first-order valence-corrected chi connectivity index (χ1v) is 13.2. The Morgan fingerprint density at radius 2 is 1.49 bits per heavy atom. The van der Waals surface area contributed by atoms with E-state index in [9.17, 15) is 9.59 Å². The molecular weight excluding hydrogens is 436 g/mol. The number of Topliss-reactive ketones (excluding diaryl/α,β-unsaturated/α-hetero) is 1. The number of carbonyl (C=O) groups is 2. The van der Waals surface area contributed by atoms with Gasteiger partial charge in [-0.25, -0.2) is 4.79 Å². The number of rotatable bonds is 13. The van der Waals surface area contributed by atoms with Gasteiger partial charge in [0, 0.05) is 16.9 Å². The number of benzene rings is 3. The molecule has 0 spiro atoms. The average molecular weight is 473 g/mol. The maximum absolute atomic E-state index is 13.0. The van der Waals surface area contributed by atoms with Crippen molar-refractivity contribution in [3.05, 3.63) is 71.8 Å². The molecule has 4 heteroatoms. The van der Waals surface area contributed by atoms with E-state index in [4.69, 9.17) is 9.47 Å². The van der Waals surface area contributed by atoms with Crippen LogP contribution in [0.5, 0.6) is 11.5 Å². The van der Waals surface area contributed by atoms with Crippen LogP contribution in [-0.2, 0) is 0 Å². The summed E-state index contributed by atoms with van der Waals surface area (Å²) in [5.41, 5.74) is 1.18. The van der Waals surface area contributed by atoms with Crippen LogP contribution >= 0.6 is 0 Å². The van der Waals surface area contributed by atoms with Crippen molar-refractivity contribution in [3.63, 3.8) is 0 Å². The van der Waals surface area contributed by atoms with Gasteiger partial charge in [0.25, 0.3) is 0 Å². The van der Waals surface area contributed by atoms with Crippen LogP contribution in [0, 0.1) is 5.92 Å². The summed E-state index contributed by atoms with van der Waals surface area (Å²) in [7, 11) is 0. The normalized spacial score (nSPS) is 13.4. The Hall–Kier alpha value is -3.14. The Morgan fingerprint density at radius 3 is 2.17 bits per heavy atom. The largest absolute Gasteiger partial charge is 0.493 e. The van der Waals surface area contributed by atoms with Crippen molar-refractivity contribution in [3.8, 4) is 11.5 Å². The molecule has 0 unspecified atom stereocenters. The maximum atomic E-state index is 13.0. The van der Waals surface area contributed by atoms with Crippen molar-refractivity contribution in [2.45, 2.75) is 71.1 Å². The van der Waals surface area contributed by atoms with Crippen molar-refractivity contribution in [2.24, 2.45) is 5.92 Å². The summed E-state index contributed by atoms with van der Waals surface area (Å²) in [6.07, 6.45) is 11.8. The highest BCUT2D eigenvalue weighted by Crippen LogP contribution is 2.31. The lowest BCUT2D eigenvalue weighted by Gasteiger charge is -2.23. The van der Waals surface area contributed by atoms with Gasteiger partial charge in [-0.3, -0.25) is 4.79 Å². The van der Waals surface area contributed by atoms with E-state index in [1.54, 1.807) is 30.3 Å². The number of ketones is 1. The van der Waals surface area contributed by atoms with Crippen molar-refractivity contribution < 1.29 is 19.1 Å². The minimum atomic E-state index is -0.419. The van der Waals surface area contributed by atoms with E-state index >= 15 is 0 Å². The van der Waals surface area contributed by atoms with E-state index in [0.717, 1.165) is 42.2 Å². The summed E-state index contributed by atoms with van der Waals surface area (Å²) in [5, 5.41) is 1.72. The van der Waals surface area contributed by atoms with Crippen LogP contribution in [0.25, 0.3) is 10.8 Å². The fraction of sp³-hybridized carbons (Fsp3) is 0.419. The Balaban J connectivity index is 1.36. The monoisotopic (exact) mass is 472 g/mol. The summed E-state index contributed by atoms with van der Waals surface area (Å²) in [5.74, 6) is 1.15. The molecular formula is C31H36O4. The van der Waals surface area contributed by atoms with E-state index in [1.807, 2.05) is 30.3 Å². The summed E-state index contributed by atoms with van der Waals surface area (Å²) < 4.78 is 11.7. The second-order valence-corrected chi connectivity index (χ2v) is 9.53. The molecule has 0 radical (unpaired) electrons. The molecule has 0 heterocycles. The number of fused-ring (bicyclic) bond motifs is 1. The number of unbranched alkanes of at least 4 members (excludes halogenated alkanes) is 6. The number of hydrogen-bond donors (Lipinski definition) is 0. The molecule has 0 amide bonds. The van der Waals surface area contributed by atoms with E-state index in [2.05, 4.69) is 6.92 Å². The van der Waals surface area contributed by atoms with Gasteiger partial charge in [0.15, 0.2) is 5.78 Å². The molecule has 1 fully saturated rings. The van der Waals surface area contributed by atoms with Crippen molar-refractivity contribution >= 4 is 22.5 Å². The quantitative estimate of drug-likeness (QED) is 0.109. The number of esters is 1. The predicted octanol–water partition coefficient (Wildman–Crippen LogP) is 8.17. The van der Waals surface area contributed by atoms with E-state index < -0.39 is 5.97 Å². The molecule has 1 aliphatic carbocycles. The van der Waals surface area contributed by atoms with Crippen LogP contribution in [-0.4, -0.2) is 18.4 Å². The van der Waals surface area contributed by atoms with E-state index in [-0.39, 0.29) is 11.7 Å². The van der Waals surface area contributed by atoms with Gasteiger partial charge in [-0.05, 0) is 61.0 Å². The average Bonchev–Trinajstić information content (AvgIpc) is 2.85. The zero-order valence-corrected chi connectivity index (χ0v) is 20.8. The van der Waals surface area contributed by atoms with Crippen LogP contribution in [0.15, 0.2) is 60.7 Å². The first-order chi connectivity index (χ1) is 17.2. The van der Waals surface area contributed by atoms with Crippen LogP contribution in [0.1, 0.15) is 91.8 Å². The SMILES string of the molecule is CCCCCCCCCOc1ccc(C(=O)Oc2ccc(C(=O)C3CCC3)cc2)c2ccccc12. The van der Waals surface area contributed by atoms with Gasteiger partial charge >= 0.3 is 5.97 Å². The molecule has 0 bridgehead atoms. The van der Waals surface area contributed by atoms with Gasteiger partial charge in [-0.1, -0.05) is 76.1 Å². The Bertz CT molecular complexity index is 1130. The lowest BCUT2D eigenvalue weighted by molar-refractivity contribution is 0.0736. The molecule has 184 valence electrons. The third-order valence-corrected chi connectivity index (χ3v) is 6.93. The van der Waals surface area contributed by atoms with E-state index in [1.165, 1.54) is 38.5 Å². The van der Waals surface area contributed by atoms with Gasteiger partial charge in [-0.2, -0.15) is 0 Å². The zero-order valence-electron chi connectivity index (χ0n) is 20.8. The van der Waals surface area contributed by atoms with Gasteiger partial charge in [0.1, 0.15) is 11.5 Å². The number of carbonyl (C=O) groups excluding carboxylic acids is 2. The Kier molecular flexibility index (Phi) is 8.94. The third kappa shape index (κ3) is 6.50. The van der Waals surface area contributed by atoms with Crippen LogP contribution in [0.3, 0.4) is 0 Å². The van der Waals surface area contributed by atoms with Gasteiger partial charge < -0.3 is 9.47 Å². The highest BCUT2D eigenvalue weighted by molar-refractivity contribution is 6.07. The fourth-order valence-electron chi connectivity index (χ4n) is 4.57. The van der Waals surface area contributed by atoms with E-state index in [0.29, 0.717) is 23.5 Å². The molecule has 0 saturated heterocycles. The molecule has 0 atom stereocenters. The second kappa shape index (κ2) is 12.5. The summed E-state index contributed by atoms with van der Waals surface area (Å²) in [4.78, 5) is 25.4. The molecule has 3 aromatic rings. The summed E-state index contributed by atoms with van der Waals surface area (Å²) >= 11 is 0. The molecule has 4 nitrogen and oxygen atoms in total. The summed E-state index contributed by atoms with van der Waals surface area (Å²) in [6.45, 7) is 2.91. The molecule has 0 N–H and O–H groups in total. The van der Waals surface area contributed by atoms with Crippen LogP contribution < -0.4 is 9.47 Å². The highest BCUT2D eigenvalue weighted by atomic mass is 16.5. The first kappa shape index (κ1) is 25.0. The minimum absolute atomic E-state index is 0.154. The lowest BCUT2D eigenvalue weighted by atomic mass is 9.80. The lowest BCUT2D eigenvalue weighted by Crippen LogP contribution is -2.21.